The van der Waals surface area contributed by atoms with Gasteiger partial charge in [-0.1, -0.05) is 110 Å². The number of quaternary nitrogens is 1. The number of amides is 4. The van der Waals surface area contributed by atoms with E-state index in [1.807, 2.05) is 6.07 Å². The van der Waals surface area contributed by atoms with Gasteiger partial charge in [0.15, 0.2) is 0 Å². The van der Waals surface area contributed by atoms with Crippen molar-refractivity contribution in [3.63, 3.8) is 0 Å². The lowest BCUT2D eigenvalue weighted by molar-refractivity contribution is -0.427. The minimum Gasteiger partial charge on any atom is -0.507 e. The molecule has 5 aromatic rings. The first-order valence-electron chi connectivity index (χ1n) is 17.9. The van der Waals surface area contributed by atoms with Crippen molar-refractivity contribution in [2.45, 2.75) is 43.8 Å². The van der Waals surface area contributed by atoms with Gasteiger partial charge in [-0.25, -0.2) is 0 Å². The van der Waals surface area contributed by atoms with Gasteiger partial charge < -0.3 is 45.6 Å². The van der Waals surface area contributed by atoms with E-state index in [0.29, 0.717) is 28.8 Å². The molecule has 4 amide bonds. The van der Waals surface area contributed by atoms with Gasteiger partial charge in [-0.15, -0.1) is 0 Å². The molecule has 2 saturated heterocycles. The second kappa shape index (κ2) is 18.3. The largest absolute Gasteiger partial charge is 0.533 e. The van der Waals surface area contributed by atoms with Crippen molar-refractivity contribution in [1.82, 2.24) is 0 Å². The minimum absolute atomic E-state index is 0.440. The number of rotatable bonds is 10. The van der Waals surface area contributed by atoms with Gasteiger partial charge >= 0.3 is 6.96 Å². The van der Waals surface area contributed by atoms with Gasteiger partial charge in [0.2, 0.25) is 0 Å². The third-order valence-electron chi connectivity index (χ3n) is 8.77. The van der Waals surface area contributed by atoms with Crippen LogP contribution < -0.4 is 27.0 Å². The molecule has 2 aliphatic rings. The van der Waals surface area contributed by atoms with Gasteiger partial charge in [0, 0.05) is 34.7 Å². The summed E-state index contributed by atoms with van der Waals surface area (Å²) in [6, 6.07) is 45.0. The first kappa shape index (κ1) is 38.6. The molecule has 14 heteroatoms. The number of carbonyl (C=O) groups is 4. The average Bonchev–Trinajstić information content (AvgIpc) is 3.80. The molecule has 0 aliphatic carbocycles. The molecule has 7 N–H and O–H groups in total. The molecule has 7 rings (SSSR count). The summed E-state index contributed by atoms with van der Waals surface area (Å²) in [5.74, 6) is -2.93. The summed E-state index contributed by atoms with van der Waals surface area (Å²) in [5.41, 5.74) is 7.12. The molecule has 13 nitrogen and oxygen atoms in total. The summed E-state index contributed by atoms with van der Waals surface area (Å²) in [7, 11) is 0. The maximum Gasteiger partial charge on any atom is 0.533 e. The summed E-state index contributed by atoms with van der Waals surface area (Å²) in [6.45, 7) is -1.27. The monoisotopic (exact) mass is 743 g/mol. The molecule has 2 heterocycles. The molecule has 0 saturated carbocycles. The van der Waals surface area contributed by atoms with Crippen LogP contribution in [0.25, 0.3) is 0 Å². The predicted octanol–water partition coefficient (Wildman–Crippen LogP) is 4.92. The molecule has 0 radical (unpaired) electrons. The van der Waals surface area contributed by atoms with E-state index < -0.39 is 55.0 Å². The van der Waals surface area contributed by atoms with Crippen molar-refractivity contribution in [1.29, 1.82) is 0 Å². The van der Waals surface area contributed by atoms with Crippen LogP contribution in [0.3, 0.4) is 0 Å². The van der Waals surface area contributed by atoms with Gasteiger partial charge in [-0.2, -0.15) is 0 Å². The first-order valence-corrected chi connectivity index (χ1v) is 17.9. The topological polar surface area (TPSA) is 181 Å². The van der Waals surface area contributed by atoms with Crippen LogP contribution in [0.1, 0.15) is 24.9 Å². The van der Waals surface area contributed by atoms with Crippen molar-refractivity contribution in [3.8, 4) is 0 Å². The smallest absolute Gasteiger partial charge is 0.507 e. The van der Waals surface area contributed by atoms with E-state index in [0.717, 1.165) is 6.42 Å². The van der Waals surface area contributed by atoms with Crippen molar-refractivity contribution in [2.75, 3.05) is 21.3 Å². The van der Waals surface area contributed by atoms with Crippen LogP contribution in [0.4, 0.5) is 22.7 Å². The van der Waals surface area contributed by atoms with Crippen LogP contribution in [0, 0.1) is 0 Å². The number of nitrogens with one attached hydrogen (secondary N) is 4. The standard InChI is InChI=1S/C32H28BN4O8.C9H13N/c38-29(34-21-13-5-1-6-14-21)25-26(30(39)35-22-15-7-2-8-16-22)43-33(42-25)44-27(31(40)36-23-17-9-3-10-18-23)28(45-33)32(41)37-24-19-11-4-12-20-24;1-2-9(10)8-6-4-3-5-7-8/h1-20,25-28H,(H,34,38)(H,35,39)(H,36,40)(H,37,41);3-7,9H,2,10H2,1H3/q-1;/p+1/t25-,26-,27-,28-;9-/m10/s1. The molecule has 55 heavy (non-hydrogen) atoms. The second-order valence-electron chi connectivity index (χ2n) is 12.7. The molecular weight excluding hydrogens is 701 g/mol. The lowest BCUT2D eigenvalue weighted by Crippen LogP contribution is -2.53. The highest BCUT2D eigenvalue weighted by Gasteiger charge is 2.60. The molecule has 0 unspecified atom stereocenters. The fourth-order valence-corrected chi connectivity index (χ4v) is 5.89. The zero-order chi connectivity index (χ0) is 38.6. The Morgan fingerprint density at radius 1 is 0.473 bits per heavy atom. The van der Waals surface area contributed by atoms with E-state index in [4.69, 9.17) is 18.6 Å². The van der Waals surface area contributed by atoms with Gasteiger partial charge in [-0.3, -0.25) is 19.2 Å². The molecular formula is C41H42BN5O8. The minimum atomic E-state index is -3.43. The SMILES string of the molecule is CC[C@H]([NH3+])c1ccccc1.O=C(Nc1ccccc1)[C@@H]1O[B-]2(O[C@H]1C(=O)Nc1ccccc1)O[C@@H](C(=O)Nc1ccccc1)[C@H](C(=O)Nc1ccccc1)O2. The highest BCUT2D eigenvalue weighted by molar-refractivity contribution is 6.56. The van der Waals surface area contributed by atoms with Crippen molar-refractivity contribution in [3.05, 3.63) is 157 Å². The third-order valence-corrected chi connectivity index (χ3v) is 8.77. The summed E-state index contributed by atoms with van der Waals surface area (Å²) in [4.78, 5) is 53.9. The number of anilines is 4. The zero-order valence-corrected chi connectivity index (χ0v) is 30.1. The Balaban J connectivity index is 0.000000448. The summed E-state index contributed by atoms with van der Waals surface area (Å²) >= 11 is 0. The van der Waals surface area contributed by atoms with E-state index >= 15 is 0 Å². The van der Waals surface area contributed by atoms with Crippen molar-refractivity contribution in [2.24, 2.45) is 0 Å². The molecule has 2 aliphatic heterocycles. The second-order valence-corrected chi connectivity index (χ2v) is 12.7. The molecule has 1 spiro atoms. The Bertz CT molecular complexity index is 1780. The Morgan fingerprint density at radius 3 is 0.945 bits per heavy atom. The van der Waals surface area contributed by atoms with Crippen molar-refractivity contribution >= 4 is 53.3 Å². The molecule has 0 aromatic heterocycles. The highest BCUT2D eigenvalue weighted by atomic mass is 16.9. The Kier molecular flexibility index (Phi) is 12.8. The lowest BCUT2D eigenvalue weighted by atomic mass is 10.1. The quantitative estimate of drug-likeness (QED) is 0.125. The van der Waals surface area contributed by atoms with Crippen molar-refractivity contribution < 1.29 is 43.5 Å². The van der Waals surface area contributed by atoms with E-state index in [2.05, 4.69) is 58.2 Å². The number of hydrogen-bond donors (Lipinski definition) is 5. The highest BCUT2D eigenvalue weighted by Crippen LogP contribution is 2.37. The van der Waals surface area contributed by atoms with Crippen LogP contribution >= 0.6 is 0 Å². The predicted molar refractivity (Wildman–Crippen MR) is 208 cm³/mol. The fourth-order valence-electron chi connectivity index (χ4n) is 5.89. The van der Waals surface area contributed by atoms with Crippen LogP contribution in [0.15, 0.2) is 152 Å². The molecule has 5 atom stereocenters. The number of hydrogen-bond acceptors (Lipinski definition) is 8. The van der Waals surface area contributed by atoms with Gasteiger partial charge in [0.05, 0.1) is 0 Å². The zero-order valence-electron chi connectivity index (χ0n) is 30.1. The first-order chi connectivity index (χ1) is 26.7. The van der Waals surface area contributed by atoms with E-state index in [9.17, 15) is 19.2 Å². The summed E-state index contributed by atoms with van der Waals surface area (Å²) in [5, 5.41) is 10.8. The maximum absolute atomic E-state index is 13.5. The van der Waals surface area contributed by atoms with Gasteiger partial charge in [0.25, 0.3) is 23.6 Å². The van der Waals surface area contributed by atoms with Gasteiger partial charge in [0.1, 0.15) is 30.5 Å². The third kappa shape index (κ3) is 10.1. The van der Waals surface area contributed by atoms with Crippen LogP contribution in [-0.4, -0.2) is 55.0 Å². The maximum atomic E-state index is 13.5. The van der Waals surface area contributed by atoms with Gasteiger partial charge in [-0.05, 0) is 48.5 Å². The Hall–Kier alpha value is -6.16. The number of para-hydroxylation sites is 4. The number of benzene rings is 5. The Morgan fingerprint density at radius 2 is 0.709 bits per heavy atom. The molecule has 2 fully saturated rings. The fraction of sp³-hybridized carbons (Fsp3) is 0.171. The van der Waals surface area contributed by atoms with Crippen LogP contribution in [-0.2, 0) is 37.8 Å². The number of carbonyl (C=O) groups excluding carboxylic acids is 4. The normalized spacial score (nSPS) is 20.0. The molecule has 282 valence electrons. The van der Waals surface area contributed by atoms with E-state index in [1.165, 1.54) is 5.56 Å². The van der Waals surface area contributed by atoms with Crippen LogP contribution in [0.2, 0.25) is 0 Å². The molecule has 5 aromatic carbocycles. The Labute approximate surface area is 318 Å². The summed E-state index contributed by atoms with van der Waals surface area (Å²) < 4.78 is 23.8. The average molecular weight is 744 g/mol. The molecule has 0 bridgehead atoms. The van der Waals surface area contributed by atoms with Crippen LogP contribution in [0.5, 0.6) is 0 Å². The van der Waals surface area contributed by atoms with E-state index in [-0.39, 0.29) is 0 Å². The lowest BCUT2D eigenvalue weighted by Gasteiger charge is -2.29. The van der Waals surface area contributed by atoms with E-state index in [1.54, 1.807) is 121 Å². The summed E-state index contributed by atoms with van der Waals surface area (Å²) in [6.07, 6.45) is -5.21.